The number of phenolic OH excluding ortho intramolecular Hbond substituents is 1. The first-order valence-electron chi connectivity index (χ1n) is 5.67. The third-order valence-corrected chi connectivity index (χ3v) is 3.37. The molecule has 108 valence electrons. The van der Waals surface area contributed by atoms with Crippen molar-refractivity contribution in [3.63, 3.8) is 0 Å². The van der Waals surface area contributed by atoms with Gasteiger partial charge >= 0.3 is 5.97 Å². The molecule has 0 heterocycles. The van der Waals surface area contributed by atoms with E-state index in [0.29, 0.717) is 15.7 Å². The molecule has 2 aromatic rings. The van der Waals surface area contributed by atoms with E-state index < -0.39 is 5.97 Å². The van der Waals surface area contributed by atoms with E-state index in [2.05, 4.69) is 20.9 Å². The van der Waals surface area contributed by atoms with Gasteiger partial charge in [0.15, 0.2) is 0 Å². The van der Waals surface area contributed by atoms with Gasteiger partial charge in [0.2, 0.25) is 0 Å². The third kappa shape index (κ3) is 3.53. The van der Waals surface area contributed by atoms with Crippen LogP contribution >= 0.6 is 27.5 Å². The number of aromatic hydroxyl groups is 2. The highest BCUT2D eigenvalue weighted by atomic mass is 79.9. The van der Waals surface area contributed by atoms with Crippen LogP contribution in [0.3, 0.4) is 0 Å². The van der Waals surface area contributed by atoms with Crippen LogP contribution in [0.15, 0.2) is 39.8 Å². The Kier molecular flexibility index (Phi) is 4.50. The first-order chi connectivity index (χ1) is 9.88. The van der Waals surface area contributed by atoms with E-state index in [0.717, 1.165) is 0 Å². The molecule has 0 bridgehead atoms. The van der Waals surface area contributed by atoms with Gasteiger partial charge in [0.25, 0.3) is 0 Å². The van der Waals surface area contributed by atoms with Gasteiger partial charge in [0.05, 0.1) is 10.7 Å². The van der Waals surface area contributed by atoms with Crippen LogP contribution < -0.4 is 0 Å². The summed E-state index contributed by atoms with van der Waals surface area (Å²) in [5.41, 5.74) is 0.446. The molecule has 2 aromatic carbocycles. The minimum Gasteiger partial charge on any atom is -0.507 e. The lowest BCUT2D eigenvalue weighted by Gasteiger charge is -2.03. The molecule has 0 aliphatic heterocycles. The van der Waals surface area contributed by atoms with E-state index in [1.54, 1.807) is 6.07 Å². The molecule has 21 heavy (non-hydrogen) atoms. The Morgan fingerprint density at radius 2 is 1.95 bits per heavy atom. The maximum Gasteiger partial charge on any atom is 0.339 e. The Balaban J connectivity index is 2.38. The number of halogens is 2. The number of hydrogen-bond donors (Lipinski definition) is 3. The van der Waals surface area contributed by atoms with Gasteiger partial charge in [-0.3, -0.25) is 4.99 Å². The number of rotatable bonds is 3. The Hall–Kier alpha value is -2.05. The first kappa shape index (κ1) is 15.3. The van der Waals surface area contributed by atoms with Crippen molar-refractivity contribution in [2.24, 2.45) is 4.99 Å². The topological polar surface area (TPSA) is 90.1 Å². The van der Waals surface area contributed by atoms with Crippen LogP contribution in [-0.2, 0) is 0 Å². The molecule has 0 aliphatic rings. The Morgan fingerprint density at radius 1 is 1.24 bits per heavy atom. The maximum atomic E-state index is 10.9. The highest BCUT2D eigenvalue weighted by Gasteiger charge is 2.10. The molecule has 7 heteroatoms. The molecule has 0 fully saturated rings. The van der Waals surface area contributed by atoms with Crippen LogP contribution in [0.1, 0.15) is 15.9 Å². The number of phenols is 2. The largest absolute Gasteiger partial charge is 0.507 e. The van der Waals surface area contributed by atoms with Crippen LogP contribution in [0.4, 0.5) is 5.69 Å². The van der Waals surface area contributed by atoms with Gasteiger partial charge < -0.3 is 15.3 Å². The average Bonchev–Trinajstić information content (AvgIpc) is 2.42. The first-order valence-corrected chi connectivity index (χ1v) is 6.84. The number of carbonyl (C=O) groups is 1. The zero-order chi connectivity index (χ0) is 15.6. The number of carboxylic acid groups (broad SMARTS) is 1. The number of benzene rings is 2. The fourth-order valence-corrected chi connectivity index (χ4v) is 2.44. The highest BCUT2D eigenvalue weighted by Crippen LogP contribution is 2.31. The second kappa shape index (κ2) is 6.15. The number of aliphatic imine (C=N–C) groups is 1. The maximum absolute atomic E-state index is 10.9. The van der Waals surface area contributed by atoms with E-state index in [1.807, 2.05) is 0 Å². The second-order valence-electron chi connectivity index (χ2n) is 4.09. The molecule has 0 unspecified atom stereocenters. The molecule has 2 rings (SSSR count). The Labute approximate surface area is 133 Å². The summed E-state index contributed by atoms with van der Waals surface area (Å²) >= 11 is 9.08. The van der Waals surface area contributed by atoms with Gasteiger partial charge in [-0.05, 0) is 30.3 Å². The summed E-state index contributed by atoms with van der Waals surface area (Å²) in [5, 5.41) is 28.3. The van der Waals surface area contributed by atoms with Crippen LogP contribution in [0, 0.1) is 0 Å². The quantitative estimate of drug-likeness (QED) is 0.713. The van der Waals surface area contributed by atoms with Crippen molar-refractivity contribution >= 4 is 45.4 Å². The molecule has 0 radical (unpaired) electrons. The van der Waals surface area contributed by atoms with Crippen LogP contribution in [0.25, 0.3) is 0 Å². The summed E-state index contributed by atoms with van der Waals surface area (Å²) in [7, 11) is 0. The second-order valence-corrected chi connectivity index (χ2v) is 5.41. The fourth-order valence-electron chi connectivity index (χ4n) is 1.60. The van der Waals surface area contributed by atoms with Crippen LogP contribution in [-0.4, -0.2) is 27.5 Å². The number of carboxylic acids is 1. The van der Waals surface area contributed by atoms with Crippen molar-refractivity contribution < 1.29 is 20.1 Å². The SMILES string of the molecule is O=C(O)c1cc(N=Cc2cc(Br)cc(Cl)c2O)ccc1O. The van der Waals surface area contributed by atoms with E-state index in [9.17, 15) is 15.0 Å². The van der Waals surface area contributed by atoms with Crippen molar-refractivity contribution in [1.82, 2.24) is 0 Å². The number of hydrogen-bond acceptors (Lipinski definition) is 4. The van der Waals surface area contributed by atoms with Crippen molar-refractivity contribution in [3.8, 4) is 11.5 Å². The molecule has 3 N–H and O–H groups in total. The lowest BCUT2D eigenvalue weighted by Crippen LogP contribution is -1.95. The fraction of sp³-hybridized carbons (Fsp3) is 0. The molecule has 0 spiro atoms. The monoisotopic (exact) mass is 369 g/mol. The zero-order valence-corrected chi connectivity index (χ0v) is 12.8. The molecule has 0 saturated carbocycles. The van der Waals surface area contributed by atoms with Gasteiger partial charge in [0, 0.05) is 16.3 Å². The Bertz CT molecular complexity index is 746. The third-order valence-electron chi connectivity index (χ3n) is 2.62. The smallest absolute Gasteiger partial charge is 0.339 e. The minimum atomic E-state index is -1.25. The summed E-state index contributed by atoms with van der Waals surface area (Å²) in [6.07, 6.45) is 1.35. The van der Waals surface area contributed by atoms with Gasteiger partial charge in [-0.2, -0.15) is 0 Å². The van der Waals surface area contributed by atoms with Crippen molar-refractivity contribution in [3.05, 3.63) is 51.0 Å². The lowest BCUT2D eigenvalue weighted by molar-refractivity contribution is 0.0694. The summed E-state index contributed by atoms with van der Waals surface area (Å²) < 4.78 is 0.670. The molecule has 0 amide bonds. The van der Waals surface area contributed by atoms with Crippen molar-refractivity contribution in [2.75, 3.05) is 0 Å². The molecule has 5 nitrogen and oxygen atoms in total. The van der Waals surface area contributed by atoms with Crippen molar-refractivity contribution in [1.29, 1.82) is 0 Å². The number of aromatic carboxylic acids is 1. The highest BCUT2D eigenvalue weighted by molar-refractivity contribution is 9.10. The normalized spacial score (nSPS) is 11.0. The van der Waals surface area contributed by atoms with Gasteiger partial charge in [-0.15, -0.1) is 0 Å². The minimum absolute atomic E-state index is 0.124. The van der Waals surface area contributed by atoms with Gasteiger partial charge in [-0.1, -0.05) is 27.5 Å². The Morgan fingerprint density at radius 3 is 2.62 bits per heavy atom. The van der Waals surface area contributed by atoms with Crippen LogP contribution in [0.2, 0.25) is 5.02 Å². The zero-order valence-electron chi connectivity index (χ0n) is 10.4. The summed E-state index contributed by atoms with van der Waals surface area (Å²) in [5.74, 6) is -1.71. The summed E-state index contributed by atoms with van der Waals surface area (Å²) in [6.45, 7) is 0. The molecule has 0 atom stereocenters. The van der Waals surface area contributed by atoms with E-state index in [-0.39, 0.29) is 22.1 Å². The summed E-state index contributed by atoms with van der Waals surface area (Å²) in [6, 6.07) is 7.07. The van der Waals surface area contributed by atoms with Crippen molar-refractivity contribution in [2.45, 2.75) is 0 Å². The molecule has 0 saturated heterocycles. The number of nitrogens with zero attached hydrogens (tertiary/aromatic N) is 1. The van der Waals surface area contributed by atoms with E-state index in [4.69, 9.17) is 16.7 Å². The average molecular weight is 371 g/mol. The standard InChI is InChI=1S/C14H9BrClNO4/c15-8-3-7(13(19)11(16)4-8)6-17-9-1-2-12(18)10(5-9)14(20)21/h1-6,18-19H,(H,20,21). The lowest BCUT2D eigenvalue weighted by atomic mass is 10.2. The predicted molar refractivity (Wildman–Crippen MR) is 83.1 cm³/mol. The summed E-state index contributed by atoms with van der Waals surface area (Å²) in [4.78, 5) is 15.0. The van der Waals surface area contributed by atoms with Gasteiger partial charge in [-0.25, -0.2) is 4.79 Å². The molecular formula is C14H9BrClNO4. The predicted octanol–water partition coefficient (Wildman–Crippen LogP) is 3.96. The van der Waals surface area contributed by atoms with E-state index >= 15 is 0 Å². The van der Waals surface area contributed by atoms with Gasteiger partial charge in [0.1, 0.15) is 17.1 Å². The molecule has 0 aromatic heterocycles. The van der Waals surface area contributed by atoms with E-state index in [1.165, 1.54) is 30.5 Å². The van der Waals surface area contributed by atoms with Crippen LogP contribution in [0.5, 0.6) is 11.5 Å². The molecular weight excluding hydrogens is 362 g/mol. The molecule has 0 aliphatic carbocycles.